The van der Waals surface area contributed by atoms with Gasteiger partial charge in [-0.1, -0.05) is 12.1 Å². The highest BCUT2D eigenvalue weighted by atomic mass is 19.4. The van der Waals surface area contributed by atoms with Gasteiger partial charge in [-0.25, -0.2) is 0 Å². The quantitative estimate of drug-likeness (QED) is 0.835. The molecule has 2 atom stereocenters. The van der Waals surface area contributed by atoms with Gasteiger partial charge in [0.05, 0.1) is 7.11 Å². The summed E-state index contributed by atoms with van der Waals surface area (Å²) >= 11 is 0. The average molecular weight is 285 g/mol. The molecule has 0 N–H and O–H groups in total. The third kappa shape index (κ3) is 1.94. The lowest BCUT2D eigenvalue weighted by atomic mass is 9.95. The molecule has 6 heteroatoms. The molecule has 0 aromatic heterocycles. The molecule has 3 nitrogen and oxygen atoms in total. The van der Waals surface area contributed by atoms with Gasteiger partial charge in [-0.15, -0.1) is 0 Å². The molecule has 1 saturated carbocycles. The van der Waals surface area contributed by atoms with Crippen LogP contribution in [0.2, 0.25) is 0 Å². The highest BCUT2D eigenvalue weighted by molar-refractivity contribution is 5.82. The van der Waals surface area contributed by atoms with Crippen LogP contribution in [-0.2, 0) is 10.2 Å². The van der Waals surface area contributed by atoms with E-state index in [1.54, 1.807) is 13.2 Å². The van der Waals surface area contributed by atoms with E-state index < -0.39 is 12.1 Å². The molecule has 1 aliphatic heterocycles. The number of carbonyl (C=O) groups excluding carboxylic acids is 1. The van der Waals surface area contributed by atoms with Crippen LogP contribution >= 0.6 is 0 Å². The topological polar surface area (TPSA) is 29.5 Å². The molecule has 2 fully saturated rings. The summed E-state index contributed by atoms with van der Waals surface area (Å²) in [4.78, 5) is 12.2. The normalized spacial score (nSPS) is 28.2. The Kier molecular flexibility index (Phi) is 2.74. The monoisotopic (exact) mass is 285 g/mol. The molecule has 1 aromatic carbocycles. The number of likely N-dealkylation sites (tertiary alicyclic amines) is 1. The number of rotatable bonds is 2. The van der Waals surface area contributed by atoms with E-state index in [4.69, 9.17) is 4.74 Å². The second kappa shape index (κ2) is 4.14. The zero-order valence-corrected chi connectivity index (χ0v) is 10.9. The average Bonchev–Trinajstić information content (AvgIpc) is 2.99. The summed E-state index contributed by atoms with van der Waals surface area (Å²) in [5.74, 6) is -0.920. The van der Waals surface area contributed by atoms with Gasteiger partial charge < -0.3 is 9.64 Å². The van der Waals surface area contributed by atoms with Crippen molar-refractivity contribution in [1.82, 2.24) is 4.90 Å². The maximum atomic E-state index is 12.5. The highest BCUT2D eigenvalue weighted by Crippen LogP contribution is 2.59. The predicted molar refractivity (Wildman–Crippen MR) is 65.4 cm³/mol. The first-order valence-electron chi connectivity index (χ1n) is 6.37. The summed E-state index contributed by atoms with van der Waals surface area (Å²) in [5.41, 5.74) is 0.648. The smallest absolute Gasteiger partial charge is 0.471 e. The zero-order valence-electron chi connectivity index (χ0n) is 10.9. The summed E-state index contributed by atoms with van der Waals surface area (Å²) in [6, 6.07) is 7.36. The summed E-state index contributed by atoms with van der Waals surface area (Å²) in [6.45, 7) is 0.332. The van der Waals surface area contributed by atoms with Gasteiger partial charge in [0.2, 0.25) is 0 Å². The minimum atomic E-state index is -4.79. The molecule has 2 unspecified atom stereocenters. The molecular weight excluding hydrogens is 271 g/mol. The molecule has 1 aromatic rings. The molecule has 2 aliphatic rings. The maximum absolute atomic E-state index is 12.5. The molecule has 0 bridgehead atoms. The van der Waals surface area contributed by atoms with E-state index >= 15 is 0 Å². The number of hydrogen-bond donors (Lipinski definition) is 0. The number of fused-ring (bicyclic) bond motifs is 1. The van der Waals surface area contributed by atoms with Crippen LogP contribution in [0.5, 0.6) is 5.75 Å². The zero-order chi connectivity index (χ0) is 14.5. The lowest BCUT2D eigenvalue weighted by Crippen LogP contribution is -2.41. The minimum Gasteiger partial charge on any atom is -0.497 e. The lowest BCUT2D eigenvalue weighted by Gasteiger charge is -2.22. The number of nitrogens with zero attached hydrogens (tertiary/aromatic N) is 1. The Balaban J connectivity index is 1.81. The van der Waals surface area contributed by atoms with E-state index in [1.165, 1.54) is 0 Å². The SMILES string of the molecule is COc1cccc(C23CC2CN(C(=O)C(F)(F)F)C3)c1. The first kappa shape index (κ1) is 13.3. The predicted octanol–water partition coefficient (Wildman–Crippen LogP) is 2.36. The van der Waals surface area contributed by atoms with Crippen LogP contribution < -0.4 is 4.74 Å². The Hall–Kier alpha value is -1.72. The summed E-state index contributed by atoms with van der Waals surface area (Å²) in [6.07, 6.45) is -3.95. The van der Waals surface area contributed by atoms with E-state index in [0.29, 0.717) is 5.75 Å². The number of halogens is 3. The van der Waals surface area contributed by atoms with E-state index in [2.05, 4.69) is 0 Å². The van der Waals surface area contributed by atoms with Crippen molar-refractivity contribution in [3.8, 4) is 5.75 Å². The molecule has 3 rings (SSSR count). The number of carbonyl (C=O) groups is 1. The van der Waals surface area contributed by atoms with Crippen molar-refractivity contribution in [3.05, 3.63) is 29.8 Å². The second-order valence-corrected chi connectivity index (χ2v) is 5.47. The number of ether oxygens (including phenoxy) is 1. The van der Waals surface area contributed by atoms with Crippen LogP contribution in [0.15, 0.2) is 24.3 Å². The Labute approximate surface area is 114 Å². The van der Waals surface area contributed by atoms with E-state index in [-0.39, 0.29) is 24.4 Å². The number of benzene rings is 1. The summed E-state index contributed by atoms with van der Waals surface area (Å²) < 4.78 is 42.6. The van der Waals surface area contributed by atoms with Gasteiger partial charge in [-0.3, -0.25) is 4.79 Å². The summed E-state index contributed by atoms with van der Waals surface area (Å²) in [5, 5.41) is 0. The van der Waals surface area contributed by atoms with Crippen molar-refractivity contribution in [2.24, 2.45) is 5.92 Å². The van der Waals surface area contributed by atoms with Crippen LogP contribution in [0.4, 0.5) is 13.2 Å². The first-order valence-corrected chi connectivity index (χ1v) is 6.37. The van der Waals surface area contributed by atoms with E-state index in [0.717, 1.165) is 16.9 Å². The fourth-order valence-electron chi connectivity index (χ4n) is 3.20. The van der Waals surface area contributed by atoms with Gasteiger partial charge in [0.15, 0.2) is 0 Å². The van der Waals surface area contributed by atoms with E-state index in [1.807, 2.05) is 18.2 Å². The van der Waals surface area contributed by atoms with E-state index in [9.17, 15) is 18.0 Å². The van der Waals surface area contributed by atoms with Gasteiger partial charge in [0.25, 0.3) is 0 Å². The number of piperidine rings is 1. The van der Waals surface area contributed by atoms with Crippen LogP contribution in [0.25, 0.3) is 0 Å². The largest absolute Gasteiger partial charge is 0.497 e. The number of hydrogen-bond acceptors (Lipinski definition) is 2. The van der Waals surface area contributed by atoms with Crippen molar-refractivity contribution in [3.63, 3.8) is 0 Å². The van der Waals surface area contributed by atoms with Crippen molar-refractivity contribution >= 4 is 5.91 Å². The standard InChI is InChI=1S/C14H14F3NO2/c1-20-11-4-2-3-9(5-11)13-6-10(13)7-18(8-13)12(19)14(15,16)17/h2-5,10H,6-8H2,1H3. The molecule has 108 valence electrons. The van der Waals surface area contributed by atoms with Gasteiger partial charge in [0, 0.05) is 18.5 Å². The van der Waals surface area contributed by atoms with Crippen LogP contribution in [0.1, 0.15) is 12.0 Å². The Bertz CT molecular complexity index is 558. The van der Waals surface area contributed by atoms with Crippen LogP contribution in [-0.4, -0.2) is 37.2 Å². The Morgan fingerprint density at radius 1 is 1.45 bits per heavy atom. The third-order valence-electron chi connectivity index (χ3n) is 4.32. The highest BCUT2D eigenvalue weighted by Gasteiger charge is 2.63. The molecular formula is C14H14F3NO2. The van der Waals surface area contributed by atoms with Gasteiger partial charge in [-0.2, -0.15) is 13.2 Å². The first-order chi connectivity index (χ1) is 9.37. The van der Waals surface area contributed by atoms with Crippen molar-refractivity contribution in [2.45, 2.75) is 18.0 Å². The lowest BCUT2D eigenvalue weighted by molar-refractivity contribution is -0.184. The molecule has 0 spiro atoms. The molecule has 20 heavy (non-hydrogen) atoms. The van der Waals surface area contributed by atoms with Crippen LogP contribution in [0.3, 0.4) is 0 Å². The number of amides is 1. The number of alkyl halides is 3. The third-order valence-corrected chi connectivity index (χ3v) is 4.32. The van der Waals surface area contributed by atoms with Crippen molar-refractivity contribution in [1.29, 1.82) is 0 Å². The number of methoxy groups -OCH3 is 1. The molecule has 0 radical (unpaired) electrons. The maximum Gasteiger partial charge on any atom is 0.471 e. The fraction of sp³-hybridized carbons (Fsp3) is 0.500. The Morgan fingerprint density at radius 2 is 2.20 bits per heavy atom. The molecule has 1 saturated heterocycles. The van der Waals surface area contributed by atoms with Gasteiger partial charge in [0.1, 0.15) is 5.75 Å². The van der Waals surface area contributed by atoms with Gasteiger partial charge >= 0.3 is 12.1 Å². The Morgan fingerprint density at radius 3 is 2.85 bits per heavy atom. The molecule has 1 heterocycles. The van der Waals surface area contributed by atoms with Crippen LogP contribution in [0, 0.1) is 5.92 Å². The minimum absolute atomic E-state index is 0.126. The second-order valence-electron chi connectivity index (χ2n) is 5.47. The van der Waals surface area contributed by atoms with Gasteiger partial charge in [-0.05, 0) is 30.0 Å². The fourth-order valence-corrected chi connectivity index (χ4v) is 3.20. The summed E-state index contributed by atoms with van der Waals surface area (Å²) in [7, 11) is 1.55. The van der Waals surface area contributed by atoms with Crippen molar-refractivity contribution < 1.29 is 22.7 Å². The molecule has 1 amide bonds. The van der Waals surface area contributed by atoms with Crippen molar-refractivity contribution in [2.75, 3.05) is 20.2 Å². The molecule has 1 aliphatic carbocycles.